The Bertz CT molecular complexity index is 1590. The van der Waals surface area contributed by atoms with Crippen molar-refractivity contribution in [3.63, 3.8) is 0 Å². The van der Waals surface area contributed by atoms with Crippen LogP contribution < -0.4 is 0 Å². The lowest BCUT2D eigenvalue weighted by atomic mass is 9.85. The minimum absolute atomic E-state index is 0.0350. The zero-order chi connectivity index (χ0) is 48.3. The van der Waals surface area contributed by atoms with Gasteiger partial charge in [0.15, 0.2) is 6.10 Å². The summed E-state index contributed by atoms with van der Waals surface area (Å²) in [5.74, 6) is -1.22. The van der Waals surface area contributed by atoms with E-state index in [1.54, 1.807) is 0 Å². The number of carbonyl (C=O) groups excluding carboxylic acids is 2. The summed E-state index contributed by atoms with van der Waals surface area (Å²) in [7, 11) is -5.16. The largest absolute Gasteiger partial charge is 0.472 e. The van der Waals surface area contributed by atoms with E-state index in [0.717, 1.165) is 77.0 Å². The Hall–Kier alpha value is -3.27. The molecule has 1 aliphatic heterocycles. The monoisotopic (exact) mass is 949 g/mol. The number of phosphoric ester groups is 1. The molecule has 0 aromatic heterocycles. The van der Waals surface area contributed by atoms with Crippen LogP contribution in [0.15, 0.2) is 97.2 Å². The number of aliphatic hydroxyl groups excluding tert-OH is 5. The molecule has 2 rings (SSSR count). The molecule has 374 valence electrons. The number of rotatable bonds is 37. The molecule has 1 saturated carbocycles. The summed E-state index contributed by atoms with van der Waals surface area (Å²) >= 11 is 0. The second-order valence-corrected chi connectivity index (χ2v) is 18.0. The Labute approximate surface area is 394 Å². The molecule has 2 aliphatic rings. The van der Waals surface area contributed by atoms with Gasteiger partial charge in [-0.1, -0.05) is 130 Å². The maximum absolute atomic E-state index is 12.9. The Morgan fingerprint density at radius 2 is 1.05 bits per heavy atom. The van der Waals surface area contributed by atoms with Crippen LogP contribution in [-0.4, -0.2) is 111 Å². The molecule has 1 heterocycles. The summed E-state index contributed by atoms with van der Waals surface area (Å²) in [5, 5.41) is 50.3. The topological polar surface area (TPSA) is 222 Å². The van der Waals surface area contributed by atoms with Crippen LogP contribution >= 0.6 is 7.82 Å². The Kier molecular flexibility index (Phi) is 32.8. The number of ether oxygens (including phenoxy) is 3. The predicted octanol–water partition coefficient (Wildman–Crippen LogP) is 8.82. The summed E-state index contributed by atoms with van der Waals surface area (Å²) < 4.78 is 39.3. The third kappa shape index (κ3) is 28.2. The first-order chi connectivity index (χ1) is 31.9. The van der Waals surface area contributed by atoms with Crippen molar-refractivity contribution in [2.75, 3.05) is 13.2 Å². The van der Waals surface area contributed by atoms with E-state index in [-0.39, 0.29) is 25.0 Å². The van der Waals surface area contributed by atoms with E-state index in [2.05, 4.69) is 111 Å². The summed E-state index contributed by atoms with van der Waals surface area (Å²) in [5.41, 5.74) is 0. The van der Waals surface area contributed by atoms with E-state index < -0.39 is 75.7 Å². The van der Waals surface area contributed by atoms with Crippen LogP contribution in [-0.2, 0) is 37.4 Å². The Morgan fingerprint density at radius 3 is 1.59 bits per heavy atom. The number of unbranched alkanes of at least 4 members (excludes halogenated alkanes) is 6. The van der Waals surface area contributed by atoms with E-state index in [4.69, 9.17) is 23.3 Å². The molecule has 14 nitrogen and oxygen atoms in total. The molecule has 0 spiro atoms. The van der Waals surface area contributed by atoms with Gasteiger partial charge >= 0.3 is 19.8 Å². The summed E-state index contributed by atoms with van der Waals surface area (Å²) in [6.45, 7) is 3.05. The lowest BCUT2D eigenvalue weighted by Crippen LogP contribution is -2.64. The fourth-order valence-corrected chi connectivity index (χ4v) is 7.84. The van der Waals surface area contributed by atoms with Gasteiger partial charge in [-0.15, -0.1) is 0 Å². The molecule has 2 fully saturated rings. The molecule has 0 aromatic rings. The highest BCUT2D eigenvalue weighted by Crippen LogP contribution is 2.47. The van der Waals surface area contributed by atoms with Crippen molar-refractivity contribution >= 4 is 19.8 Å². The highest BCUT2D eigenvalue weighted by atomic mass is 31.2. The Balaban J connectivity index is 1.75. The van der Waals surface area contributed by atoms with Gasteiger partial charge < -0.3 is 44.6 Å². The maximum atomic E-state index is 12.9. The summed E-state index contributed by atoms with van der Waals surface area (Å²) in [6.07, 6.45) is 37.5. The fraction of sp³-hybridized carbons (Fsp3) is 0.647. The average molecular weight is 949 g/mol. The minimum atomic E-state index is -5.16. The van der Waals surface area contributed by atoms with Crippen molar-refractivity contribution in [1.82, 2.24) is 0 Å². The van der Waals surface area contributed by atoms with Crippen molar-refractivity contribution in [3.05, 3.63) is 97.2 Å². The molecule has 0 amide bonds. The van der Waals surface area contributed by atoms with Crippen LogP contribution in [0.4, 0.5) is 0 Å². The van der Waals surface area contributed by atoms with Crippen LogP contribution in [0.5, 0.6) is 0 Å². The zero-order valence-corrected chi connectivity index (χ0v) is 40.3. The van der Waals surface area contributed by atoms with Crippen LogP contribution in [0.25, 0.3) is 0 Å². The number of phosphoric acid groups is 1. The maximum Gasteiger partial charge on any atom is 0.472 e. The molecule has 15 heteroatoms. The van der Waals surface area contributed by atoms with Gasteiger partial charge in [-0.2, -0.15) is 0 Å². The van der Waals surface area contributed by atoms with Gasteiger partial charge in [0, 0.05) is 12.8 Å². The zero-order valence-electron chi connectivity index (χ0n) is 39.4. The van der Waals surface area contributed by atoms with Crippen LogP contribution in [0.1, 0.15) is 142 Å². The molecular weight excluding hydrogens is 868 g/mol. The van der Waals surface area contributed by atoms with Crippen LogP contribution in [0, 0.1) is 0 Å². The fourth-order valence-electron chi connectivity index (χ4n) is 6.87. The van der Waals surface area contributed by atoms with Gasteiger partial charge in [-0.3, -0.25) is 18.6 Å². The van der Waals surface area contributed by atoms with Gasteiger partial charge in [0.2, 0.25) is 0 Å². The SMILES string of the molecule is CC/C=C\C/C=C\C/C=C\C/C=C\C/C=C\CCCCCC(=O)O[C@H](COC(=O)CCCC1OC1C/C=C\C/C=C\C/C=C\CCCCC)COP(=O)(O)OC1[C@H](O)[C@H](O)C(O)[C@H](O)[C@H]1O. The van der Waals surface area contributed by atoms with Crippen molar-refractivity contribution in [2.45, 2.75) is 197 Å². The molecule has 0 radical (unpaired) electrons. The van der Waals surface area contributed by atoms with Gasteiger partial charge in [0.25, 0.3) is 0 Å². The number of hydrogen-bond acceptors (Lipinski definition) is 13. The molecule has 6 N–H and O–H groups in total. The van der Waals surface area contributed by atoms with Gasteiger partial charge in [0.05, 0.1) is 18.8 Å². The number of aliphatic hydroxyl groups is 5. The minimum Gasteiger partial charge on any atom is -0.462 e. The quantitative estimate of drug-likeness (QED) is 0.0113. The molecule has 1 saturated heterocycles. The van der Waals surface area contributed by atoms with E-state index in [1.807, 2.05) is 0 Å². The number of epoxide rings is 1. The first kappa shape index (κ1) is 58.9. The highest BCUT2D eigenvalue weighted by Gasteiger charge is 2.51. The number of esters is 2. The lowest BCUT2D eigenvalue weighted by Gasteiger charge is -2.41. The molecule has 0 aromatic carbocycles. The van der Waals surface area contributed by atoms with Crippen LogP contribution in [0.3, 0.4) is 0 Å². The smallest absolute Gasteiger partial charge is 0.462 e. The molecule has 1 aliphatic carbocycles. The highest BCUT2D eigenvalue weighted by molar-refractivity contribution is 7.47. The number of hydrogen-bond donors (Lipinski definition) is 6. The molecule has 5 unspecified atom stereocenters. The van der Waals surface area contributed by atoms with Crippen molar-refractivity contribution in [3.8, 4) is 0 Å². The van der Waals surface area contributed by atoms with E-state index in [0.29, 0.717) is 19.3 Å². The first-order valence-corrected chi connectivity index (χ1v) is 25.7. The standard InChI is InChI=1S/C51H81O14P/c1-3-5-7-9-11-13-15-17-18-19-20-21-22-23-25-27-29-31-33-37-45(53)63-41(40-62-66(59,60)65-51-49(57)47(55)46(54)48(56)50(51)58)39-61-44(52)38-34-36-43-42(64-43)35-32-30-28-26-24-16-14-12-10-8-6-4-2/h5,7,11-14,17-18,20-21,23-26,30,32,41-43,46-51,54-58H,3-4,6,8-10,15-16,19,22,27-29,31,33-40H2,1-2H3,(H,59,60)/b7-5-,13-11-,14-12-,18-17-,21-20-,25-23-,26-24-,32-30-/t41-,42?,43?,46?,47-,48+,49-,50-,51?/m1/s1. The molecular formula is C51H81O14P. The lowest BCUT2D eigenvalue weighted by molar-refractivity contribution is -0.220. The van der Waals surface area contributed by atoms with Gasteiger partial charge in [-0.05, 0) is 96.3 Å². The van der Waals surface area contributed by atoms with Crippen molar-refractivity contribution in [1.29, 1.82) is 0 Å². The molecule has 10 atom stereocenters. The molecule has 66 heavy (non-hydrogen) atoms. The van der Waals surface area contributed by atoms with E-state index >= 15 is 0 Å². The van der Waals surface area contributed by atoms with Crippen molar-refractivity contribution < 1.29 is 67.8 Å². The third-order valence-electron chi connectivity index (χ3n) is 10.8. The number of allylic oxidation sites excluding steroid dienone is 15. The van der Waals surface area contributed by atoms with Gasteiger partial charge in [0.1, 0.15) is 43.2 Å². The van der Waals surface area contributed by atoms with Crippen molar-refractivity contribution in [2.24, 2.45) is 0 Å². The average Bonchev–Trinajstić information content (AvgIpc) is 4.06. The summed E-state index contributed by atoms with van der Waals surface area (Å²) in [4.78, 5) is 35.9. The second kappa shape index (κ2) is 36.7. The Morgan fingerprint density at radius 1 is 0.561 bits per heavy atom. The van der Waals surface area contributed by atoms with E-state index in [1.165, 1.54) is 19.3 Å². The molecule has 0 bridgehead atoms. The first-order valence-electron chi connectivity index (χ1n) is 24.2. The normalized spacial score (nSPS) is 25.2. The number of carbonyl (C=O) groups is 2. The van der Waals surface area contributed by atoms with E-state index in [9.17, 15) is 44.6 Å². The predicted molar refractivity (Wildman–Crippen MR) is 257 cm³/mol. The third-order valence-corrected chi connectivity index (χ3v) is 11.8. The second-order valence-electron chi connectivity index (χ2n) is 16.6. The van der Waals surface area contributed by atoms with Crippen LogP contribution in [0.2, 0.25) is 0 Å². The summed E-state index contributed by atoms with van der Waals surface area (Å²) in [6, 6.07) is 0. The van der Waals surface area contributed by atoms with Gasteiger partial charge in [-0.25, -0.2) is 4.57 Å².